The van der Waals surface area contributed by atoms with E-state index in [2.05, 4.69) is 6.08 Å². The third-order valence-corrected chi connectivity index (χ3v) is 8.48. The molecule has 5 nitrogen and oxygen atoms in total. The first-order chi connectivity index (χ1) is 13.5. The van der Waals surface area contributed by atoms with Crippen LogP contribution in [0.2, 0.25) is 0 Å². The van der Waals surface area contributed by atoms with Crippen molar-refractivity contribution in [3.8, 4) is 0 Å². The number of alkyl halides is 1. The van der Waals surface area contributed by atoms with Crippen molar-refractivity contribution >= 4 is 17.7 Å². The lowest BCUT2D eigenvalue weighted by molar-refractivity contribution is -0.200. The molecule has 0 aromatic heterocycles. The molecule has 0 saturated heterocycles. The Hall–Kier alpha value is -1.98. The number of fused-ring (bicyclic) bond motifs is 5. The van der Waals surface area contributed by atoms with Crippen molar-refractivity contribution < 1.29 is 28.6 Å². The van der Waals surface area contributed by atoms with E-state index in [1.165, 1.54) is 13.0 Å². The second kappa shape index (κ2) is 6.26. The fourth-order valence-electron chi connectivity index (χ4n) is 7.13. The van der Waals surface area contributed by atoms with E-state index in [-0.39, 0.29) is 30.0 Å². The van der Waals surface area contributed by atoms with Crippen molar-refractivity contribution in [2.24, 2.45) is 28.6 Å². The third kappa shape index (κ3) is 2.47. The van der Waals surface area contributed by atoms with Gasteiger partial charge in [-0.15, -0.1) is 0 Å². The zero-order valence-electron chi connectivity index (χ0n) is 17.5. The largest absolute Gasteiger partial charge is 0.478 e. The van der Waals surface area contributed by atoms with Crippen LogP contribution in [0, 0.1) is 28.6 Å². The molecular formula is C23H29FO5. The Labute approximate surface area is 170 Å². The Bertz CT molecular complexity index is 859. The molecule has 0 heterocycles. The van der Waals surface area contributed by atoms with Crippen LogP contribution in [0.25, 0.3) is 0 Å². The molecule has 0 aromatic carbocycles. The zero-order chi connectivity index (χ0) is 21.4. The molecular weight excluding hydrogens is 375 g/mol. The number of ether oxygens (including phenoxy) is 1. The standard InChI is InChI=1S/C23H29FO5/c1-12-9-17-15-11-19(24)18-10-14(26)5-7-21(18,3)16(15)6-8-22(17,4)23(12,20(27)28)29-13(2)25/h6,10,12,15,17,19H,5,7-9,11H2,1-4H3,(H,27,28)/t12-,15-,17+,19+,21-,22+,23+/m1/s1. The smallest absolute Gasteiger partial charge is 0.349 e. The molecule has 0 unspecified atom stereocenters. The number of hydrogen-bond acceptors (Lipinski definition) is 4. The van der Waals surface area contributed by atoms with Crippen molar-refractivity contribution in [3.63, 3.8) is 0 Å². The third-order valence-electron chi connectivity index (χ3n) is 8.48. The summed E-state index contributed by atoms with van der Waals surface area (Å²) in [6, 6.07) is 0. The molecule has 29 heavy (non-hydrogen) atoms. The van der Waals surface area contributed by atoms with Gasteiger partial charge in [0.15, 0.2) is 5.78 Å². The van der Waals surface area contributed by atoms with Gasteiger partial charge in [-0.1, -0.05) is 32.4 Å². The maximum Gasteiger partial charge on any atom is 0.349 e. The maximum atomic E-state index is 15.3. The van der Waals surface area contributed by atoms with Crippen LogP contribution in [0.3, 0.4) is 0 Å². The number of ketones is 1. The highest BCUT2D eigenvalue weighted by Crippen LogP contribution is 2.67. The average Bonchev–Trinajstić information content (AvgIpc) is 2.85. The average molecular weight is 404 g/mol. The summed E-state index contributed by atoms with van der Waals surface area (Å²) in [6.07, 6.45) is 4.63. The fraction of sp³-hybridized carbons (Fsp3) is 0.696. The molecule has 0 bridgehead atoms. The normalized spacial score (nSPS) is 46.0. The van der Waals surface area contributed by atoms with Crippen LogP contribution >= 0.6 is 0 Å². The van der Waals surface area contributed by atoms with Crippen LogP contribution in [0.15, 0.2) is 23.3 Å². The minimum Gasteiger partial charge on any atom is -0.478 e. The number of carboxylic acids is 1. The molecule has 158 valence electrons. The Morgan fingerprint density at radius 1 is 1.24 bits per heavy atom. The summed E-state index contributed by atoms with van der Waals surface area (Å²) in [4.78, 5) is 36.3. The van der Waals surface area contributed by atoms with E-state index < -0.39 is 34.5 Å². The van der Waals surface area contributed by atoms with E-state index in [0.29, 0.717) is 31.3 Å². The number of carbonyl (C=O) groups is 3. The van der Waals surface area contributed by atoms with Crippen LogP contribution in [0.4, 0.5) is 4.39 Å². The summed E-state index contributed by atoms with van der Waals surface area (Å²) >= 11 is 0. The first-order valence-electron chi connectivity index (χ1n) is 10.5. The lowest BCUT2D eigenvalue weighted by Gasteiger charge is -2.55. The van der Waals surface area contributed by atoms with Crippen LogP contribution in [0.1, 0.15) is 59.8 Å². The van der Waals surface area contributed by atoms with Crippen LogP contribution in [0.5, 0.6) is 0 Å². The van der Waals surface area contributed by atoms with Crippen LogP contribution < -0.4 is 0 Å². The van der Waals surface area contributed by atoms with Crippen LogP contribution in [-0.2, 0) is 19.1 Å². The molecule has 0 radical (unpaired) electrons. The molecule has 2 saturated carbocycles. The quantitative estimate of drug-likeness (QED) is 0.555. The van der Waals surface area contributed by atoms with Gasteiger partial charge >= 0.3 is 11.9 Å². The molecule has 0 spiro atoms. The summed E-state index contributed by atoms with van der Waals surface area (Å²) in [5.41, 5.74) is -1.19. The predicted octanol–water partition coefficient (Wildman–Crippen LogP) is 4.02. The Kier molecular flexibility index (Phi) is 4.38. The fourth-order valence-corrected chi connectivity index (χ4v) is 7.13. The van der Waals surface area contributed by atoms with Crippen molar-refractivity contribution in [1.82, 2.24) is 0 Å². The molecule has 2 fully saturated rings. The summed E-state index contributed by atoms with van der Waals surface area (Å²) in [5, 5.41) is 10.2. The molecule has 4 aliphatic carbocycles. The monoisotopic (exact) mass is 404 g/mol. The first kappa shape index (κ1) is 20.3. The SMILES string of the molecule is CC(=O)O[C@]1(C(=O)O)[C@H](C)C[C@H]2[C@@H]3C[C@H](F)C4=CC(=O)CC[C@]4(C)C3=CC[C@@]21C. The molecule has 6 heteroatoms. The number of halogens is 1. The molecule has 4 rings (SSSR count). The maximum absolute atomic E-state index is 15.3. The van der Waals surface area contributed by atoms with Gasteiger partial charge in [0, 0.05) is 30.1 Å². The summed E-state index contributed by atoms with van der Waals surface area (Å²) in [5.74, 6) is -2.33. The number of aliphatic carboxylic acids is 1. The molecule has 0 aliphatic heterocycles. The van der Waals surface area contributed by atoms with Crippen molar-refractivity contribution in [2.75, 3.05) is 0 Å². The van der Waals surface area contributed by atoms with Gasteiger partial charge < -0.3 is 9.84 Å². The van der Waals surface area contributed by atoms with Gasteiger partial charge in [0.25, 0.3) is 0 Å². The second-order valence-corrected chi connectivity index (χ2v) is 9.87. The highest BCUT2D eigenvalue weighted by atomic mass is 19.1. The van der Waals surface area contributed by atoms with E-state index in [1.807, 2.05) is 20.8 Å². The Morgan fingerprint density at radius 3 is 2.55 bits per heavy atom. The van der Waals surface area contributed by atoms with Crippen molar-refractivity contribution in [1.29, 1.82) is 0 Å². The van der Waals surface area contributed by atoms with Crippen LogP contribution in [-0.4, -0.2) is 34.6 Å². The van der Waals surface area contributed by atoms with E-state index in [0.717, 1.165) is 5.57 Å². The summed E-state index contributed by atoms with van der Waals surface area (Å²) in [7, 11) is 0. The van der Waals surface area contributed by atoms with Gasteiger partial charge in [-0.2, -0.15) is 0 Å². The highest BCUT2D eigenvalue weighted by Gasteiger charge is 2.71. The minimum atomic E-state index is -1.61. The van der Waals surface area contributed by atoms with Gasteiger partial charge in [0.05, 0.1) is 0 Å². The Balaban J connectivity index is 1.84. The van der Waals surface area contributed by atoms with E-state index in [9.17, 15) is 19.5 Å². The van der Waals surface area contributed by atoms with Gasteiger partial charge in [0.1, 0.15) is 6.17 Å². The van der Waals surface area contributed by atoms with Gasteiger partial charge in [0.2, 0.25) is 5.60 Å². The van der Waals surface area contributed by atoms with Gasteiger partial charge in [-0.05, 0) is 49.2 Å². The predicted molar refractivity (Wildman–Crippen MR) is 104 cm³/mol. The topological polar surface area (TPSA) is 80.7 Å². The Morgan fingerprint density at radius 2 is 1.93 bits per heavy atom. The highest BCUT2D eigenvalue weighted by molar-refractivity contribution is 5.92. The van der Waals surface area contributed by atoms with Crippen molar-refractivity contribution in [2.45, 2.75) is 71.6 Å². The number of carbonyl (C=O) groups excluding carboxylic acids is 2. The van der Waals surface area contributed by atoms with Gasteiger partial charge in [-0.3, -0.25) is 9.59 Å². The summed E-state index contributed by atoms with van der Waals surface area (Å²) < 4.78 is 20.9. The van der Waals surface area contributed by atoms with E-state index in [4.69, 9.17) is 4.74 Å². The second-order valence-electron chi connectivity index (χ2n) is 9.87. The number of hydrogen-bond donors (Lipinski definition) is 1. The van der Waals surface area contributed by atoms with Crippen molar-refractivity contribution in [3.05, 3.63) is 23.3 Å². The number of esters is 1. The van der Waals surface area contributed by atoms with E-state index >= 15 is 4.39 Å². The number of carboxylic acid groups (broad SMARTS) is 1. The van der Waals surface area contributed by atoms with Gasteiger partial charge in [-0.25, -0.2) is 9.18 Å². The number of allylic oxidation sites excluding steroid dienone is 4. The first-order valence-corrected chi connectivity index (χ1v) is 10.5. The lowest BCUT2D eigenvalue weighted by atomic mass is 9.50. The molecule has 0 amide bonds. The molecule has 1 N–H and O–H groups in total. The number of rotatable bonds is 2. The zero-order valence-corrected chi connectivity index (χ0v) is 17.5. The molecule has 0 aromatic rings. The minimum absolute atomic E-state index is 0.0194. The summed E-state index contributed by atoms with van der Waals surface area (Å²) in [6.45, 7) is 6.97. The van der Waals surface area contributed by atoms with E-state index in [1.54, 1.807) is 0 Å². The lowest BCUT2D eigenvalue weighted by Crippen LogP contribution is -2.59. The molecule has 4 aliphatic rings. The molecule has 7 atom stereocenters.